The van der Waals surface area contributed by atoms with E-state index in [1.165, 1.54) is 21.8 Å². The largest absolute Gasteiger partial charge is 0.490 e. The van der Waals surface area contributed by atoms with Gasteiger partial charge in [0, 0.05) is 29.4 Å². The maximum Gasteiger partial charge on any atom is 0.490 e. The number of alkyl halides is 3. The zero-order valence-electron chi connectivity index (χ0n) is 16.9. The standard InChI is InChI=1S/C19H21N3OS.C2HF3O2/c1-13(2)9-16-10-17(18(24-16)19(20)23)15-5-3-14(4-6-15)11-22-8-7-21-12-22;3-2(4,5)1(6)7/h3-8,10,12-13H,9,11H2,1-2H3,(H2,20,23);(H,6,7). The molecule has 0 unspecified atom stereocenters. The molecule has 0 atom stereocenters. The van der Waals surface area contributed by atoms with Crippen molar-refractivity contribution >= 4 is 23.2 Å². The molecule has 0 aliphatic heterocycles. The summed E-state index contributed by atoms with van der Waals surface area (Å²) in [5.74, 6) is -2.56. The van der Waals surface area contributed by atoms with Gasteiger partial charge in [0.05, 0.1) is 11.2 Å². The second kappa shape index (κ2) is 10.3. The molecule has 1 amide bonds. The SMILES string of the molecule is CC(C)Cc1cc(-c2ccc(Cn3ccnc3)cc2)c(C(N)=O)s1.O=C(O)C(F)(F)F. The number of aliphatic carboxylic acids is 1. The number of carbonyl (C=O) groups is 2. The van der Waals surface area contributed by atoms with Crippen LogP contribution in [0.2, 0.25) is 0 Å². The number of nitrogens with zero attached hydrogens (tertiary/aromatic N) is 2. The number of halogens is 3. The Morgan fingerprint density at radius 1 is 1.23 bits per heavy atom. The molecule has 0 saturated carbocycles. The summed E-state index contributed by atoms with van der Waals surface area (Å²) in [6.45, 7) is 5.13. The lowest BCUT2D eigenvalue weighted by molar-refractivity contribution is -0.192. The number of hydrogen-bond donors (Lipinski definition) is 2. The molecule has 3 N–H and O–H groups in total. The van der Waals surface area contributed by atoms with Gasteiger partial charge in [-0.15, -0.1) is 11.3 Å². The van der Waals surface area contributed by atoms with Crippen molar-refractivity contribution in [2.24, 2.45) is 11.7 Å². The van der Waals surface area contributed by atoms with E-state index in [-0.39, 0.29) is 5.91 Å². The number of nitrogens with two attached hydrogens (primary N) is 1. The molecule has 0 aliphatic carbocycles. The average molecular weight is 453 g/mol. The number of amides is 1. The molecule has 2 aromatic heterocycles. The Labute approximate surface area is 181 Å². The number of carboxylic acid groups (broad SMARTS) is 1. The fourth-order valence-electron chi connectivity index (χ4n) is 2.72. The summed E-state index contributed by atoms with van der Waals surface area (Å²) in [7, 11) is 0. The number of carbonyl (C=O) groups excluding carboxylic acids is 1. The van der Waals surface area contributed by atoms with Gasteiger partial charge in [0.15, 0.2) is 0 Å². The molecule has 0 aliphatic rings. The van der Waals surface area contributed by atoms with Gasteiger partial charge < -0.3 is 15.4 Å². The number of carboxylic acids is 1. The Balaban J connectivity index is 0.000000423. The molecule has 3 aromatic rings. The van der Waals surface area contributed by atoms with Crippen LogP contribution in [0.3, 0.4) is 0 Å². The first-order valence-corrected chi connectivity index (χ1v) is 10.1. The van der Waals surface area contributed by atoms with Crippen molar-refractivity contribution in [2.75, 3.05) is 0 Å². The van der Waals surface area contributed by atoms with E-state index in [4.69, 9.17) is 15.6 Å². The van der Waals surface area contributed by atoms with Crippen LogP contribution in [-0.2, 0) is 17.8 Å². The van der Waals surface area contributed by atoms with Gasteiger partial charge in [-0.1, -0.05) is 38.1 Å². The Kier molecular flexibility index (Phi) is 7.98. The molecule has 3 rings (SSSR count). The van der Waals surface area contributed by atoms with Crippen LogP contribution < -0.4 is 5.73 Å². The first-order chi connectivity index (χ1) is 14.5. The fourth-order valence-corrected chi connectivity index (χ4v) is 3.97. The molecule has 0 fully saturated rings. The van der Waals surface area contributed by atoms with Crippen LogP contribution in [0.15, 0.2) is 49.1 Å². The molecule has 6 nitrogen and oxygen atoms in total. The van der Waals surface area contributed by atoms with Crippen LogP contribution >= 0.6 is 11.3 Å². The zero-order chi connectivity index (χ0) is 23.2. The molecule has 2 heterocycles. The maximum atomic E-state index is 11.8. The zero-order valence-corrected chi connectivity index (χ0v) is 17.7. The highest BCUT2D eigenvalue weighted by Gasteiger charge is 2.38. The highest BCUT2D eigenvalue weighted by atomic mass is 32.1. The van der Waals surface area contributed by atoms with Crippen LogP contribution in [0.25, 0.3) is 11.1 Å². The number of rotatable bonds is 6. The van der Waals surface area contributed by atoms with Gasteiger partial charge in [-0.25, -0.2) is 9.78 Å². The molecule has 0 radical (unpaired) electrons. The third-order valence-corrected chi connectivity index (χ3v) is 5.22. The van der Waals surface area contributed by atoms with Crippen LogP contribution in [0.5, 0.6) is 0 Å². The van der Waals surface area contributed by atoms with E-state index >= 15 is 0 Å². The second-order valence-corrected chi connectivity index (χ2v) is 8.29. The van der Waals surface area contributed by atoms with E-state index in [1.54, 1.807) is 12.5 Å². The summed E-state index contributed by atoms with van der Waals surface area (Å²) in [6, 6.07) is 10.4. The summed E-state index contributed by atoms with van der Waals surface area (Å²) < 4.78 is 33.8. The second-order valence-electron chi connectivity index (χ2n) is 7.15. The predicted molar refractivity (Wildman–Crippen MR) is 112 cm³/mol. The first-order valence-electron chi connectivity index (χ1n) is 9.25. The van der Waals surface area contributed by atoms with Crippen LogP contribution in [0, 0.1) is 5.92 Å². The third-order valence-electron chi connectivity index (χ3n) is 4.05. The number of primary amides is 1. The topological polar surface area (TPSA) is 98.2 Å². The van der Waals surface area contributed by atoms with Crippen molar-refractivity contribution in [1.29, 1.82) is 0 Å². The van der Waals surface area contributed by atoms with Crippen molar-refractivity contribution in [1.82, 2.24) is 9.55 Å². The molecular formula is C21H22F3N3O3S. The lowest BCUT2D eigenvalue weighted by atomic mass is 10.0. The summed E-state index contributed by atoms with van der Waals surface area (Å²) in [4.78, 5) is 26.6. The van der Waals surface area contributed by atoms with Crippen molar-refractivity contribution in [3.63, 3.8) is 0 Å². The van der Waals surface area contributed by atoms with Crippen LogP contribution in [0.1, 0.15) is 34.0 Å². The summed E-state index contributed by atoms with van der Waals surface area (Å²) >= 11 is 1.51. The van der Waals surface area contributed by atoms with Gasteiger partial charge in [0.1, 0.15) is 0 Å². The van der Waals surface area contributed by atoms with Gasteiger partial charge in [0.2, 0.25) is 0 Å². The monoisotopic (exact) mass is 453 g/mol. The van der Waals surface area contributed by atoms with Gasteiger partial charge in [-0.2, -0.15) is 13.2 Å². The van der Waals surface area contributed by atoms with E-state index in [2.05, 4.69) is 49.2 Å². The predicted octanol–water partition coefficient (Wildman–Crippen LogP) is 4.59. The lowest BCUT2D eigenvalue weighted by Gasteiger charge is -2.05. The Morgan fingerprint density at radius 2 is 1.84 bits per heavy atom. The maximum absolute atomic E-state index is 11.8. The highest BCUT2D eigenvalue weighted by Crippen LogP contribution is 2.33. The quantitative estimate of drug-likeness (QED) is 0.570. The number of thiophene rings is 1. The minimum absolute atomic E-state index is 0.354. The molecule has 166 valence electrons. The lowest BCUT2D eigenvalue weighted by Crippen LogP contribution is -2.21. The third kappa shape index (κ3) is 7.25. The number of aromatic nitrogens is 2. The minimum Gasteiger partial charge on any atom is -0.475 e. The number of hydrogen-bond acceptors (Lipinski definition) is 4. The van der Waals surface area contributed by atoms with Crippen molar-refractivity contribution in [2.45, 2.75) is 33.0 Å². The van der Waals surface area contributed by atoms with Crippen LogP contribution in [-0.4, -0.2) is 32.7 Å². The smallest absolute Gasteiger partial charge is 0.475 e. The van der Waals surface area contributed by atoms with Crippen LogP contribution in [0.4, 0.5) is 13.2 Å². The van der Waals surface area contributed by atoms with E-state index in [9.17, 15) is 18.0 Å². The highest BCUT2D eigenvalue weighted by molar-refractivity contribution is 7.14. The van der Waals surface area contributed by atoms with E-state index < -0.39 is 12.1 Å². The Hall–Kier alpha value is -3.14. The molecule has 1 aromatic carbocycles. The molecule has 31 heavy (non-hydrogen) atoms. The van der Waals surface area contributed by atoms with Gasteiger partial charge >= 0.3 is 12.1 Å². The molecule has 0 saturated heterocycles. The fraction of sp³-hybridized carbons (Fsp3) is 0.286. The average Bonchev–Trinajstić information content (AvgIpc) is 3.31. The Morgan fingerprint density at radius 3 is 2.29 bits per heavy atom. The summed E-state index contributed by atoms with van der Waals surface area (Å²) in [6.07, 6.45) is 1.39. The first kappa shape index (κ1) is 24.1. The van der Waals surface area contributed by atoms with Crippen molar-refractivity contribution in [3.05, 3.63) is 64.4 Å². The Bertz CT molecular complexity index is 1010. The van der Waals surface area contributed by atoms with Crippen molar-refractivity contribution in [3.8, 4) is 11.1 Å². The van der Waals surface area contributed by atoms with Gasteiger partial charge in [0.25, 0.3) is 5.91 Å². The molecule has 0 bridgehead atoms. The van der Waals surface area contributed by atoms with E-state index in [0.717, 1.165) is 24.1 Å². The normalized spacial score (nSPS) is 11.2. The summed E-state index contributed by atoms with van der Waals surface area (Å²) in [5.41, 5.74) is 8.74. The van der Waals surface area contributed by atoms with Gasteiger partial charge in [-0.05, 0) is 29.5 Å². The van der Waals surface area contributed by atoms with Crippen molar-refractivity contribution < 1.29 is 27.9 Å². The molecule has 10 heteroatoms. The number of imidazole rings is 1. The summed E-state index contributed by atoms with van der Waals surface area (Å²) in [5, 5.41) is 7.12. The number of benzene rings is 1. The molecule has 0 spiro atoms. The molecular weight excluding hydrogens is 431 g/mol. The van der Waals surface area contributed by atoms with Gasteiger partial charge in [-0.3, -0.25) is 4.79 Å². The minimum atomic E-state index is -5.08. The van der Waals surface area contributed by atoms with E-state index in [0.29, 0.717) is 10.8 Å². The van der Waals surface area contributed by atoms with E-state index in [1.807, 2.05) is 10.8 Å².